The van der Waals surface area contributed by atoms with Crippen molar-refractivity contribution >= 4 is 9.76 Å². The number of aliphatic hydroxyl groups excluding tert-OH is 4. The predicted octanol–water partition coefficient (Wildman–Crippen LogP) is -4.14. The van der Waals surface area contributed by atoms with Gasteiger partial charge < -0.3 is 30.0 Å². The van der Waals surface area contributed by atoms with Crippen molar-refractivity contribution < 1.29 is 30.0 Å². The van der Waals surface area contributed by atoms with Crippen LogP contribution in [-0.2, 0) is 4.74 Å². The Balaban J connectivity index is 2.66. The van der Waals surface area contributed by atoms with Gasteiger partial charge in [0.2, 0.25) is 0 Å². The third-order valence-corrected chi connectivity index (χ3v) is 3.21. The highest BCUT2D eigenvalue weighted by atomic mass is 28.2. The van der Waals surface area contributed by atoms with E-state index in [0.29, 0.717) is 0 Å². The summed E-state index contributed by atoms with van der Waals surface area (Å²) in [6, 6.07) is 0. The number of aliphatic hydroxyl groups is 4. The normalized spacial score (nSPS) is 47.3. The fourth-order valence-corrected chi connectivity index (χ4v) is 2.16. The van der Waals surface area contributed by atoms with Crippen LogP contribution in [0.25, 0.3) is 0 Å². The summed E-state index contributed by atoms with van der Waals surface area (Å²) < 4.78 is 4.98. The van der Waals surface area contributed by atoms with E-state index in [-0.39, 0.29) is 0 Å². The molecule has 1 saturated heterocycles. The van der Waals surface area contributed by atoms with Gasteiger partial charge in [0.25, 0.3) is 0 Å². The lowest BCUT2D eigenvalue weighted by Gasteiger charge is -2.39. The summed E-state index contributed by atoms with van der Waals surface area (Å²) in [6.07, 6.45) is -4.87. The minimum absolute atomic E-state index is 0.449. The van der Waals surface area contributed by atoms with Gasteiger partial charge in [0.05, 0.1) is 12.3 Å². The summed E-state index contributed by atoms with van der Waals surface area (Å²) in [5, 5.41) is 36.5. The highest BCUT2D eigenvalue weighted by Gasteiger charge is 2.42. The molecule has 0 aliphatic carbocycles. The summed E-state index contributed by atoms with van der Waals surface area (Å²) in [5.74, 6) is 0. The molecule has 1 aliphatic rings. The van der Waals surface area contributed by atoms with E-state index in [1.807, 2.05) is 0 Å². The maximum atomic E-state index is 9.28. The molecule has 5 atom stereocenters. The molecule has 1 fully saturated rings. The van der Waals surface area contributed by atoms with Crippen LogP contribution in [0.15, 0.2) is 0 Å². The molecular weight excluding hydrogens is 196 g/mol. The van der Waals surface area contributed by atoms with Crippen molar-refractivity contribution in [2.75, 3.05) is 6.61 Å². The van der Waals surface area contributed by atoms with Crippen molar-refractivity contribution in [3.05, 3.63) is 0 Å². The standard InChI is InChI=1S/C6H14O6Si/c7-1-2-3(8)4(9)5(10)6(12-2)13-11/h2-11H,1,13H2/t2-,3-,4+,5+,6?/m1/s1. The average Bonchev–Trinajstić information content (AvgIpc) is 2.15. The lowest BCUT2D eigenvalue weighted by Crippen LogP contribution is -2.60. The van der Waals surface area contributed by atoms with E-state index in [4.69, 9.17) is 14.6 Å². The van der Waals surface area contributed by atoms with Crippen molar-refractivity contribution in [1.82, 2.24) is 0 Å². The maximum Gasteiger partial charge on any atom is 0.189 e. The first kappa shape index (κ1) is 11.1. The minimum Gasteiger partial charge on any atom is -0.435 e. The van der Waals surface area contributed by atoms with E-state index in [0.717, 1.165) is 0 Å². The lowest BCUT2D eigenvalue weighted by atomic mass is 10.0. The summed E-state index contributed by atoms with van der Waals surface area (Å²) in [5.41, 5.74) is -0.824. The second-order valence-corrected chi connectivity index (χ2v) is 4.22. The van der Waals surface area contributed by atoms with Gasteiger partial charge in [-0.05, 0) is 0 Å². The average molecular weight is 210 g/mol. The Labute approximate surface area is 77.3 Å². The molecule has 0 saturated carbocycles. The zero-order valence-corrected chi connectivity index (χ0v) is 8.36. The molecule has 1 aliphatic heterocycles. The first-order valence-corrected chi connectivity index (χ1v) is 5.48. The lowest BCUT2D eigenvalue weighted by molar-refractivity contribution is -0.210. The van der Waals surface area contributed by atoms with Crippen LogP contribution in [0.5, 0.6) is 0 Å². The molecule has 5 N–H and O–H groups in total. The summed E-state index contributed by atoms with van der Waals surface area (Å²) in [4.78, 5) is 8.86. The third-order valence-electron chi connectivity index (χ3n) is 2.17. The van der Waals surface area contributed by atoms with Crippen LogP contribution in [0.4, 0.5) is 0 Å². The van der Waals surface area contributed by atoms with Crippen molar-refractivity contribution in [2.45, 2.75) is 30.1 Å². The Bertz CT molecular complexity index is 147. The quantitative estimate of drug-likeness (QED) is 0.296. The molecule has 7 heteroatoms. The van der Waals surface area contributed by atoms with Crippen molar-refractivity contribution in [1.29, 1.82) is 0 Å². The first-order valence-electron chi connectivity index (χ1n) is 4.03. The molecule has 1 rings (SSSR count). The fourth-order valence-electron chi connectivity index (χ4n) is 1.33. The maximum absolute atomic E-state index is 9.28. The van der Waals surface area contributed by atoms with Crippen molar-refractivity contribution in [3.8, 4) is 0 Å². The molecule has 0 aromatic rings. The van der Waals surface area contributed by atoms with Crippen LogP contribution >= 0.6 is 0 Å². The molecule has 0 bridgehead atoms. The van der Waals surface area contributed by atoms with Gasteiger partial charge in [-0.3, -0.25) is 0 Å². The minimum atomic E-state index is -1.63. The van der Waals surface area contributed by atoms with Crippen LogP contribution in [0.1, 0.15) is 0 Å². The van der Waals surface area contributed by atoms with E-state index in [1.165, 1.54) is 0 Å². The molecule has 0 aromatic heterocycles. The molecule has 0 spiro atoms. The van der Waals surface area contributed by atoms with E-state index >= 15 is 0 Å². The molecule has 1 unspecified atom stereocenters. The molecule has 0 radical (unpaired) electrons. The van der Waals surface area contributed by atoms with Gasteiger partial charge in [-0.1, -0.05) is 0 Å². The Kier molecular flexibility index (Phi) is 3.80. The highest BCUT2D eigenvalue weighted by Crippen LogP contribution is 2.19. The van der Waals surface area contributed by atoms with Crippen LogP contribution in [0.3, 0.4) is 0 Å². The molecule has 0 aromatic carbocycles. The monoisotopic (exact) mass is 210 g/mol. The second-order valence-electron chi connectivity index (χ2n) is 3.05. The number of rotatable bonds is 2. The second kappa shape index (κ2) is 4.47. The molecular formula is C6H14O6Si. The number of hydrogen-bond donors (Lipinski definition) is 5. The van der Waals surface area contributed by atoms with E-state index < -0.39 is 46.5 Å². The number of hydrogen-bond acceptors (Lipinski definition) is 6. The van der Waals surface area contributed by atoms with Crippen LogP contribution < -0.4 is 0 Å². The van der Waals surface area contributed by atoms with Crippen molar-refractivity contribution in [3.63, 3.8) is 0 Å². The van der Waals surface area contributed by atoms with Crippen LogP contribution in [0.2, 0.25) is 0 Å². The predicted molar refractivity (Wildman–Crippen MR) is 44.5 cm³/mol. The van der Waals surface area contributed by atoms with Crippen LogP contribution in [-0.4, -0.2) is 71.7 Å². The van der Waals surface area contributed by atoms with E-state index in [9.17, 15) is 15.3 Å². The Morgan fingerprint density at radius 2 is 1.69 bits per heavy atom. The SMILES string of the molecule is OC[C@H]1OC([SiH2]O)[C@@H](O)[C@@H](O)[C@@H]1O. The van der Waals surface area contributed by atoms with Gasteiger partial charge in [-0.25, -0.2) is 0 Å². The van der Waals surface area contributed by atoms with Crippen LogP contribution in [0, 0.1) is 0 Å². The first-order chi connectivity index (χ1) is 6.11. The molecule has 6 nitrogen and oxygen atoms in total. The third kappa shape index (κ3) is 2.07. The summed E-state index contributed by atoms with van der Waals surface area (Å²) in [6.45, 7) is -0.449. The smallest absolute Gasteiger partial charge is 0.189 e. The summed E-state index contributed by atoms with van der Waals surface area (Å²) in [7, 11) is -1.63. The van der Waals surface area contributed by atoms with Crippen molar-refractivity contribution in [2.24, 2.45) is 0 Å². The van der Waals surface area contributed by atoms with Gasteiger partial charge >= 0.3 is 0 Å². The number of ether oxygens (including phenoxy) is 1. The largest absolute Gasteiger partial charge is 0.435 e. The Morgan fingerprint density at radius 1 is 1.08 bits per heavy atom. The summed E-state index contributed by atoms with van der Waals surface area (Å²) >= 11 is 0. The molecule has 13 heavy (non-hydrogen) atoms. The zero-order valence-electron chi connectivity index (χ0n) is 6.95. The zero-order chi connectivity index (χ0) is 10.0. The fraction of sp³-hybridized carbons (Fsp3) is 1.00. The van der Waals surface area contributed by atoms with Gasteiger partial charge in [-0.15, -0.1) is 0 Å². The molecule has 0 amide bonds. The highest BCUT2D eigenvalue weighted by molar-refractivity contribution is 6.27. The van der Waals surface area contributed by atoms with E-state index in [2.05, 4.69) is 0 Å². The van der Waals surface area contributed by atoms with E-state index in [1.54, 1.807) is 0 Å². The Morgan fingerprint density at radius 3 is 2.15 bits per heavy atom. The van der Waals surface area contributed by atoms with Gasteiger partial charge in [-0.2, -0.15) is 0 Å². The molecule has 78 valence electrons. The Hall–Kier alpha value is -0.0231. The van der Waals surface area contributed by atoms with Gasteiger partial charge in [0, 0.05) is 0 Å². The topological polar surface area (TPSA) is 110 Å². The van der Waals surface area contributed by atoms with Gasteiger partial charge in [0.15, 0.2) is 9.76 Å². The van der Waals surface area contributed by atoms with Gasteiger partial charge in [0.1, 0.15) is 24.4 Å². The molecule has 1 heterocycles.